The predicted molar refractivity (Wildman–Crippen MR) is 118 cm³/mol. The first-order valence-electron chi connectivity index (χ1n) is 11.8. The van der Waals surface area contributed by atoms with Crippen molar-refractivity contribution in [2.24, 2.45) is 0 Å². The van der Waals surface area contributed by atoms with Crippen LogP contribution in [0.5, 0.6) is 0 Å². The zero-order valence-corrected chi connectivity index (χ0v) is 18.3. The van der Waals surface area contributed by atoms with Gasteiger partial charge in [-0.1, -0.05) is 68.9 Å². The SMILES string of the molecule is O=C(CCN(Cc1ccccc1)C1CCCCC1)NN1C(=O)NC2(CCCCC2)C1=O. The highest BCUT2D eigenvalue weighted by Gasteiger charge is 2.52. The second-order valence-electron chi connectivity index (χ2n) is 9.25. The fraction of sp³-hybridized carbons (Fsp3) is 0.625. The predicted octanol–water partition coefficient (Wildman–Crippen LogP) is 3.50. The zero-order chi connectivity index (χ0) is 21.7. The molecule has 0 aromatic heterocycles. The van der Waals surface area contributed by atoms with Crippen molar-refractivity contribution in [1.82, 2.24) is 20.7 Å². The molecule has 1 aromatic rings. The van der Waals surface area contributed by atoms with Crippen LogP contribution in [0.3, 0.4) is 0 Å². The molecular weight excluding hydrogens is 392 g/mol. The maximum atomic E-state index is 12.9. The van der Waals surface area contributed by atoms with Crippen LogP contribution in [0.15, 0.2) is 30.3 Å². The molecule has 1 aromatic carbocycles. The fourth-order valence-corrected chi connectivity index (χ4v) is 5.30. The number of benzene rings is 1. The van der Waals surface area contributed by atoms with E-state index in [-0.39, 0.29) is 18.2 Å². The van der Waals surface area contributed by atoms with E-state index in [2.05, 4.69) is 27.8 Å². The molecule has 7 nitrogen and oxygen atoms in total. The summed E-state index contributed by atoms with van der Waals surface area (Å²) >= 11 is 0. The van der Waals surface area contributed by atoms with Gasteiger partial charge in [-0.25, -0.2) is 4.79 Å². The molecule has 1 aliphatic heterocycles. The number of carbonyl (C=O) groups is 3. The van der Waals surface area contributed by atoms with Crippen LogP contribution < -0.4 is 10.7 Å². The fourth-order valence-electron chi connectivity index (χ4n) is 5.30. The van der Waals surface area contributed by atoms with Gasteiger partial charge < -0.3 is 5.32 Å². The summed E-state index contributed by atoms with van der Waals surface area (Å²) < 4.78 is 0. The van der Waals surface area contributed by atoms with Gasteiger partial charge in [-0.2, -0.15) is 5.01 Å². The van der Waals surface area contributed by atoms with Crippen LogP contribution in [0.25, 0.3) is 0 Å². The first-order valence-corrected chi connectivity index (χ1v) is 11.8. The number of imide groups is 1. The first kappa shape index (κ1) is 21.8. The second kappa shape index (κ2) is 9.81. The van der Waals surface area contributed by atoms with Gasteiger partial charge in [0.2, 0.25) is 5.91 Å². The van der Waals surface area contributed by atoms with E-state index in [1.54, 1.807) is 0 Å². The smallest absolute Gasteiger partial charge is 0.322 e. The molecule has 0 radical (unpaired) electrons. The monoisotopic (exact) mass is 426 g/mol. The molecule has 0 bridgehead atoms. The van der Waals surface area contributed by atoms with Crippen molar-refractivity contribution in [3.05, 3.63) is 35.9 Å². The number of hydrazine groups is 1. The van der Waals surface area contributed by atoms with E-state index in [9.17, 15) is 14.4 Å². The summed E-state index contributed by atoms with van der Waals surface area (Å²) in [5, 5.41) is 3.75. The van der Waals surface area contributed by atoms with Crippen LogP contribution in [-0.4, -0.2) is 45.9 Å². The van der Waals surface area contributed by atoms with Gasteiger partial charge in [0.05, 0.1) is 0 Å². The third kappa shape index (κ3) is 5.09. The summed E-state index contributed by atoms with van der Waals surface area (Å²) in [4.78, 5) is 40.3. The normalized spacial score (nSPS) is 21.5. The molecule has 168 valence electrons. The largest absolute Gasteiger partial charge is 0.344 e. The molecule has 0 atom stereocenters. The van der Waals surface area contributed by atoms with Crippen molar-refractivity contribution in [3.8, 4) is 0 Å². The standard InChI is InChI=1S/C24H34N4O3/c29-21(26-28-22(30)24(25-23(28)31)15-8-3-9-16-24)14-17-27(20-12-6-2-7-13-20)18-19-10-4-1-5-11-19/h1,4-5,10-11,20H,2-3,6-9,12-18H2,(H,25,31)(H,26,29). The van der Waals surface area contributed by atoms with Gasteiger partial charge in [-0.15, -0.1) is 0 Å². The van der Waals surface area contributed by atoms with Crippen LogP contribution in [0, 0.1) is 0 Å². The van der Waals surface area contributed by atoms with Gasteiger partial charge in [0.1, 0.15) is 5.54 Å². The third-order valence-electron chi connectivity index (χ3n) is 7.05. The van der Waals surface area contributed by atoms with Crippen molar-refractivity contribution < 1.29 is 14.4 Å². The lowest BCUT2D eigenvalue weighted by atomic mass is 9.82. The first-order chi connectivity index (χ1) is 15.1. The summed E-state index contributed by atoms with van der Waals surface area (Å²) in [5.74, 6) is -0.593. The Morgan fingerprint density at radius 1 is 1.03 bits per heavy atom. The highest BCUT2D eigenvalue weighted by molar-refractivity contribution is 6.08. The lowest BCUT2D eigenvalue weighted by molar-refractivity contribution is -0.140. The molecule has 2 aliphatic carbocycles. The van der Waals surface area contributed by atoms with Crippen LogP contribution in [0.2, 0.25) is 0 Å². The minimum Gasteiger partial charge on any atom is -0.322 e. The maximum Gasteiger partial charge on any atom is 0.344 e. The second-order valence-corrected chi connectivity index (χ2v) is 9.25. The number of hydrogen-bond acceptors (Lipinski definition) is 4. The molecule has 4 rings (SSSR count). The number of nitrogens with zero attached hydrogens (tertiary/aromatic N) is 2. The molecule has 1 heterocycles. The Labute approximate surface area is 184 Å². The van der Waals surface area contributed by atoms with Crippen molar-refractivity contribution in [3.63, 3.8) is 0 Å². The average molecular weight is 427 g/mol. The van der Waals surface area contributed by atoms with Gasteiger partial charge in [0, 0.05) is 25.6 Å². The van der Waals surface area contributed by atoms with Gasteiger partial charge in [-0.05, 0) is 31.2 Å². The molecule has 4 amide bonds. The van der Waals surface area contributed by atoms with Crippen LogP contribution in [-0.2, 0) is 16.1 Å². The Hall–Kier alpha value is -2.41. The molecule has 7 heteroatoms. The molecule has 2 saturated carbocycles. The number of rotatable bonds is 7. The number of urea groups is 1. The topological polar surface area (TPSA) is 81.8 Å². The summed E-state index contributed by atoms with van der Waals surface area (Å²) in [6.07, 6.45) is 10.5. The average Bonchev–Trinajstić information content (AvgIpc) is 3.02. The van der Waals surface area contributed by atoms with Crippen LogP contribution in [0.4, 0.5) is 4.79 Å². The zero-order valence-electron chi connectivity index (χ0n) is 18.3. The molecule has 2 N–H and O–H groups in total. The highest BCUT2D eigenvalue weighted by Crippen LogP contribution is 2.33. The molecule has 3 fully saturated rings. The van der Waals surface area contributed by atoms with E-state index >= 15 is 0 Å². The summed E-state index contributed by atoms with van der Waals surface area (Å²) in [6.45, 7) is 1.42. The van der Waals surface area contributed by atoms with Crippen LogP contribution in [0.1, 0.15) is 76.2 Å². The molecule has 31 heavy (non-hydrogen) atoms. The van der Waals surface area contributed by atoms with Gasteiger partial charge in [0.25, 0.3) is 5.91 Å². The van der Waals surface area contributed by atoms with E-state index in [0.29, 0.717) is 25.4 Å². The molecular formula is C24H34N4O3. The minimum absolute atomic E-state index is 0.257. The Kier molecular flexibility index (Phi) is 6.90. The summed E-state index contributed by atoms with van der Waals surface area (Å²) in [6, 6.07) is 10.3. The quantitative estimate of drug-likeness (QED) is 0.654. The highest BCUT2D eigenvalue weighted by atomic mass is 16.2. The molecule has 1 spiro atoms. The van der Waals surface area contributed by atoms with Crippen LogP contribution >= 0.6 is 0 Å². The Morgan fingerprint density at radius 2 is 1.71 bits per heavy atom. The Bertz CT molecular complexity index is 785. The van der Waals surface area contributed by atoms with E-state index in [4.69, 9.17) is 0 Å². The number of amides is 4. The maximum absolute atomic E-state index is 12.9. The van der Waals surface area contributed by atoms with Crippen molar-refractivity contribution in [1.29, 1.82) is 0 Å². The van der Waals surface area contributed by atoms with Crippen molar-refractivity contribution in [2.45, 2.75) is 88.8 Å². The lowest BCUT2D eigenvalue weighted by Gasteiger charge is -2.34. The number of hydrogen-bond donors (Lipinski definition) is 2. The molecule has 1 saturated heterocycles. The van der Waals surface area contributed by atoms with E-state index in [0.717, 1.165) is 43.7 Å². The number of nitrogens with one attached hydrogen (secondary N) is 2. The summed E-state index contributed by atoms with van der Waals surface area (Å²) in [5.41, 5.74) is 3.00. The molecule has 0 unspecified atom stereocenters. The number of carbonyl (C=O) groups excluding carboxylic acids is 3. The molecule has 3 aliphatic rings. The Balaban J connectivity index is 1.35. The van der Waals surface area contributed by atoms with Crippen molar-refractivity contribution in [2.75, 3.05) is 6.54 Å². The van der Waals surface area contributed by atoms with E-state index < -0.39 is 11.6 Å². The Morgan fingerprint density at radius 3 is 2.42 bits per heavy atom. The van der Waals surface area contributed by atoms with E-state index in [1.165, 1.54) is 24.8 Å². The minimum atomic E-state index is -0.815. The van der Waals surface area contributed by atoms with Gasteiger partial charge in [0.15, 0.2) is 0 Å². The third-order valence-corrected chi connectivity index (χ3v) is 7.05. The van der Waals surface area contributed by atoms with E-state index in [1.807, 2.05) is 18.2 Å². The van der Waals surface area contributed by atoms with Gasteiger partial charge in [-0.3, -0.25) is 19.9 Å². The van der Waals surface area contributed by atoms with Gasteiger partial charge >= 0.3 is 6.03 Å². The lowest BCUT2D eigenvalue weighted by Crippen LogP contribution is -2.51. The van der Waals surface area contributed by atoms with Crippen molar-refractivity contribution >= 4 is 17.8 Å². The summed E-state index contributed by atoms with van der Waals surface area (Å²) in [7, 11) is 0.